The molecule has 1 aromatic heterocycles. The topological polar surface area (TPSA) is 42.0 Å². The summed E-state index contributed by atoms with van der Waals surface area (Å²) >= 11 is 1.57. The van der Waals surface area contributed by atoms with Crippen molar-refractivity contribution in [1.82, 2.24) is 10.3 Å². The Morgan fingerprint density at radius 2 is 1.80 bits per heavy atom. The molecule has 128 valence electrons. The van der Waals surface area contributed by atoms with Crippen molar-refractivity contribution >= 4 is 17.2 Å². The van der Waals surface area contributed by atoms with Crippen molar-refractivity contribution in [3.8, 4) is 0 Å². The molecule has 0 fully saturated rings. The zero-order valence-electron chi connectivity index (χ0n) is 13.9. The molecule has 0 radical (unpaired) electrons. The Morgan fingerprint density at radius 1 is 1.12 bits per heavy atom. The largest absolute Gasteiger partial charge is 0.345 e. The van der Waals surface area contributed by atoms with Gasteiger partial charge in [-0.2, -0.15) is 0 Å². The van der Waals surface area contributed by atoms with Crippen LogP contribution >= 0.6 is 11.3 Å². The fourth-order valence-electron chi connectivity index (χ4n) is 2.63. The lowest BCUT2D eigenvalue weighted by Gasteiger charge is -2.19. The van der Waals surface area contributed by atoms with E-state index in [0.29, 0.717) is 0 Å². The van der Waals surface area contributed by atoms with Gasteiger partial charge in [-0.15, -0.1) is 11.3 Å². The van der Waals surface area contributed by atoms with Gasteiger partial charge < -0.3 is 5.32 Å². The van der Waals surface area contributed by atoms with E-state index in [0.717, 1.165) is 28.2 Å². The quantitative estimate of drug-likeness (QED) is 0.717. The van der Waals surface area contributed by atoms with E-state index in [1.165, 1.54) is 12.1 Å². The van der Waals surface area contributed by atoms with Gasteiger partial charge in [0.25, 0.3) is 0 Å². The van der Waals surface area contributed by atoms with Crippen molar-refractivity contribution in [3.05, 3.63) is 87.6 Å². The molecule has 1 N–H and O–H groups in total. The monoisotopic (exact) mass is 354 g/mol. The van der Waals surface area contributed by atoms with E-state index in [1.54, 1.807) is 23.5 Å². The first kappa shape index (κ1) is 17.3. The van der Waals surface area contributed by atoms with Gasteiger partial charge in [-0.25, -0.2) is 9.37 Å². The summed E-state index contributed by atoms with van der Waals surface area (Å²) in [5, 5.41) is 6.00. The molecular weight excluding hydrogens is 335 g/mol. The van der Waals surface area contributed by atoms with Crippen LogP contribution in [0.25, 0.3) is 0 Å². The Morgan fingerprint density at radius 3 is 2.44 bits per heavy atom. The first-order chi connectivity index (χ1) is 12.2. The van der Waals surface area contributed by atoms with Crippen LogP contribution in [-0.2, 0) is 17.6 Å². The molecule has 0 aliphatic carbocycles. The standard InChI is InChI=1S/C20H19FN2OS/c1-2-19-22-17(13-25-19)12-18(24)23-20(14-6-4-3-5-7-14)15-8-10-16(21)11-9-15/h3-11,13,20H,2,12H2,1H3,(H,23,24). The number of hydrogen-bond donors (Lipinski definition) is 1. The minimum absolute atomic E-state index is 0.105. The van der Waals surface area contributed by atoms with Crippen LogP contribution in [-0.4, -0.2) is 10.9 Å². The Kier molecular flexibility index (Phi) is 5.56. The molecule has 5 heteroatoms. The first-order valence-corrected chi connectivity index (χ1v) is 9.06. The van der Waals surface area contributed by atoms with Crippen LogP contribution < -0.4 is 5.32 Å². The smallest absolute Gasteiger partial charge is 0.226 e. The van der Waals surface area contributed by atoms with Crippen molar-refractivity contribution < 1.29 is 9.18 Å². The predicted molar refractivity (Wildman–Crippen MR) is 98.0 cm³/mol. The summed E-state index contributed by atoms with van der Waals surface area (Å²) in [5.41, 5.74) is 2.58. The number of benzene rings is 2. The minimum atomic E-state index is -0.321. The zero-order valence-corrected chi connectivity index (χ0v) is 14.7. The summed E-state index contributed by atoms with van der Waals surface area (Å²) in [6, 6.07) is 15.6. The molecule has 1 heterocycles. The molecule has 0 aliphatic rings. The van der Waals surface area contributed by atoms with Crippen LogP contribution in [0.15, 0.2) is 60.0 Å². The molecule has 25 heavy (non-hydrogen) atoms. The number of carbonyl (C=O) groups is 1. The third-order valence-electron chi connectivity index (χ3n) is 3.89. The van der Waals surface area contributed by atoms with Crippen molar-refractivity contribution in [3.63, 3.8) is 0 Å². The summed E-state index contributed by atoms with van der Waals surface area (Å²) in [5.74, 6) is -0.400. The Balaban J connectivity index is 1.79. The lowest BCUT2D eigenvalue weighted by atomic mass is 9.98. The average Bonchev–Trinajstić information content (AvgIpc) is 3.09. The number of nitrogens with one attached hydrogen (secondary N) is 1. The summed E-state index contributed by atoms with van der Waals surface area (Å²) in [6.45, 7) is 2.04. The highest BCUT2D eigenvalue weighted by atomic mass is 32.1. The van der Waals surface area contributed by atoms with Gasteiger partial charge in [0, 0.05) is 5.38 Å². The molecule has 0 spiro atoms. The highest BCUT2D eigenvalue weighted by Crippen LogP contribution is 2.22. The Labute approximate surface area is 150 Å². The number of aromatic nitrogens is 1. The first-order valence-electron chi connectivity index (χ1n) is 8.18. The van der Waals surface area contributed by atoms with Crippen LogP contribution in [0.4, 0.5) is 4.39 Å². The predicted octanol–water partition coefficient (Wildman–Crippen LogP) is 4.29. The lowest BCUT2D eigenvalue weighted by molar-refractivity contribution is -0.121. The van der Waals surface area contributed by atoms with Gasteiger partial charge in [0.05, 0.1) is 23.2 Å². The molecule has 2 aromatic carbocycles. The van der Waals surface area contributed by atoms with Gasteiger partial charge in [0.2, 0.25) is 5.91 Å². The molecule has 1 atom stereocenters. The van der Waals surface area contributed by atoms with Crippen LogP contribution in [0.3, 0.4) is 0 Å². The van der Waals surface area contributed by atoms with Crippen molar-refractivity contribution in [2.24, 2.45) is 0 Å². The van der Waals surface area contributed by atoms with E-state index >= 15 is 0 Å². The summed E-state index contributed by atoms with van der Waals surface area (Å²) in [6.07, 6.45) is 1.11. The molecule has 0 bridgehead atoms. The fraction of sp³-hybridized carbons (Fsp3) is 0.200. The number of aryl methyl sites for hydroxylation is 1. The number of nitrogens with zero attached hydrogens (tertiary/aromatic N) is 1. The number of hydrogen-bond acceptors (Lipinski definition) is 3. The SMILES string of the molecule is CCc1nc(CC(=O)NC(c2ccccc2)c2ccc(F)cc2)cs1. The van der Waals surface area contributed by atoms with E-state index in [1.807, 2.05) is 42.6 Å². The molecule has 1 unspecified atom stereocenters. The van der Waals surface area contributed by atoms with Crippen molar-refractivity contribution in [2.45, 2.75) is 25.8 Å². The van der Waals surface area contributed by atoms with E-state index < -0.39 is 0 Å². The molecule has 0 saturated heterocycles. The third kappa shape index (κ3) is 4.51. The highest BCUT2D eigenvalue weighted by molar-refractivity contribution is 7.09. The van der Waals surface area contributed by atoms with Crippen molar-refractivity contribution in [1.29, 1.82) is 0 Å². The average molecular weight is 354 g/mol. The fourth-order valence-corrected chi connectivity index (χ4v) is 3.37. The minimum Gasteiger partial charge on any atom is -0.345 e. The summed E-state index contributed by atoms with van der Waals surface area (Å²) in [7, 11) is 0. The molecule has 0 saturated carbocycles. The Bertz CT molecular complexity index is 830. The van der Waals surface area contributed by atoms with E-state index in [9.17, 15) is 9.18 Å². The normalized spacial score (nSPS) is 11.9. The van der Waals surface area contributed by atoms with Crippen LogP contribution in [0.1, 0.15) is 34.8 Å². The number of rotatable bonds is 6. The van der Waals surface area contributed by atoms with E-state index in [-0.39, 0.29) is 24.2 Å². The van der Waals surface area contributed by atoms with E-state index in [4.69, 9.17) is 0 Å². The van der Waals surface area contributed by atoms with Gasteiger partial charge in [-0.1, -0.05) is 49.4 Å². The molecule has 3 nitrogen and oxygen atoms in total. The van der Waals surface area contributed by atoms with Gasteiger partial charge in [-0.05, 0) is 29.7 Å². The molecular formula is C20H19FN2OS. The van der Waals surface area contributed by atoms with Gasteiger partial charge in [0.1, 0.15) is 5.82 Å². The van der Waals surface area contributed by atoms with Crippen LogP contribution in [0.2, 0.25) is 0 Å². The molecule has 3 rings (SSSR count). The number of amides is 1. The maximum Gasteiger partial charge on any atom is 0.226 e. The summed E-state index contributed by atoms with van der Waals surface area (Å²) < 4.78 is 13.2. The highest BCUT2D eigenvalue weighted by Gasteiger charge is 2.17. The summed E-state index contributed by atoms with van der Waals surface area (Å²) in [4.78, 5) is 17.0. The number of halogens is 1. The number of thiazole rings is 1. The van der Waals surface area contributed by atoms with Crippen molar-refractivity contribution in [2.75, 3.05) is 0 Å². The Hall–Kier alpha value is -2.53. The third-order valence-corrected chi connectivity index (χ3v) is 4.93. The zero-order chi connectivity index (χ0) is 17.6. The number of carbonyl (C=O) groups excluding carboxylic acids is 1. The van der Waals surface area contributed by atoms with E-state index in [2.05, 4.69) is 10.3 Å². The van der Waals surface area contributed by atoms with Crippen LogP contribution in [0.5, 0.6) is 0 Å². The maximum atomic E-state index is 13.2. The molecule has 1 amide bonds. The molecule has 3 aromatic rings. The second-order valence-electron chi connectivity index (χ2n) is 5.73. The van der Waals surface area contributed by atoms with Crippen LogP contribution in [0, 0.1) is 5.82 Å². The van der Waals surface area contributed by atoms with Gasteiger partial charge in [0.15, 0.2) is 0 Å². The van der Waals surface area contributed by atoms with Gasteiger partial charge in [-0.3, -0.25) is 4.79 Å². The van der Waals surface area contributed by atoms with Gasteiger partial charge >= 0.3 is 0 Å². The maximum absolute atomic E-state index is 13.2. The second kappa shape index (κ2) is 8.03. The molecule has 0 aliphatic heterocycles. The lowest BCUT2D eigenvalue weighted by Crippen LogP contribution is -2.30. The second-order valence-corrected chi connectivity index (χ2v) is 6.67.